The molecule has 14 heteroatoms. The number of ether oxygens (including phenoxy) is 1. The van der Waals surface area contributed by atoms with E-state index in [1.165, 1.54) is 43.7 Å². The number of benzene rings is 1. The molecule has 0 spiro atoms. The van der Waals surface area contributed by atoms with Gasteiger partial charge in [0.2, 0.25) is 5.91 Å². The van der Waals surface area contributed by atoms with Crippen molar-refractivity contribution in [2.75, 3.05) is 27.0 Å². The first-order valence-corrected chi connectivity index (χ1v) is 18.4. The third kappa shape index (κ3) is 7.18. The molecule has 0 radical (unpaired) electrons. The van der Waals surface area contributed by atoms with Gasteiger partial charge in [-0.05, 0) is 49.1 Å². The molecule has 1 aliphatic carbocycles. The maximum atomic E-state index is 15.6. The number of hydrogen-bond acceptors (Lipinski definition) is 8. The maximum Gasteiger partial charge on any atom is 0.415 e. The van der Waals surface area contributed by atoms with E-state index in [2.05, 4.69) is 46.8 Å². The number of hydrogen-bond donors (Lipinski definition) is 3. The molecule has 10 nitrogen and oxygen atoms in total. The van der Waals surface area contributed by atoms with Gasteiger partial charge in [0, 0.05) is 33.2 Å². The van der Waals surface area contributed by atoms with Crippen LogP contribution in [-0.4, -0.2) is 82.1 Å². The molecule has 2 amide bonds. The summed E-state index contributed by atoms with van der Waals surface area (Å²) in [4.78, 5) is 39.2. The van der Waals surface area contributed by atoms with Crippen LogP contribution >= 0.6 is 11.8 Å². The molecule has 4 rings (SSSR count). The minimum absolute atomic E-state index is 0.0246. The van der Waals surface area contributed by atoms with Gasteiger partial charge in [-0.25, -0.2) is 28.4 Å². The number of fused-ring (bicyclic) bond motifs is 1. The number of rotatable bonds is 9. The SMILES string of the molecule is CNC(=O)[C@]12C[C@H]1[C@@](C)(c1cc(/C=C(\F)c3cnc(C#CCO)cn3)ccc1F)N=C(N(COCC[Si](C)(C)C)C(=O)O)S2. The average Bonchev–Trinajstić information content (AvgIpc) is 3.73. The lowest BCUT2D eigenvalue weighted by atomic mass is 9.84. The molecule has 3 N–H and O–H groups in total. The number of aliphatic hydroxyl groups excluding tert-OH is 1. The number of aliphatic imine (C=N–C) groups is 1. The number of carbonyl (C=O) groups excluding carboxylic acids is 1. The zero-order valence-corrected chi connectivity index (χ0v) is 27.0. The largest absolute Gasteiger partial charge is 0.465 e. The molecule has 1 aromatic carbocycles. The van der Waals surface area contributed by atoms with E-state index in [0.717, 1.165) is 22.7 Å². The molecule has 234 valence electrons. The average molecular weight is 644 g/mol. The van der Waals surface area contributed by atoms with Crippen LogP contribution in [0.2, 0.25) is 25.7 Å². The number of carbonyl (C=O) groups is 2. The first kappa shape index (κ1) is 33.3. The predicted molar refractivity (Wildman–Crippen MR) is 167 cm³/mol. The molecule has 0 bridgehead atoms. The second kappa shape index (κ2) is 13.2. The lowest BCUT2D eigenvalue weighted by Crippen LogP contribution is -2.47. The molecule has 3 atom stereocenters. The minimum atomic E-state index is -1.43. The second-order valence-corrected chi connectivity index (χ2v) is 18.8. The standard InChI is InChI=1S/C30H35F2N5O5SSi/c1-29(21-13-19(8-9-22(21)31)14-23(32)24-17-34-20(16-35-24)7-6-10-38)25-15-30(25,26(39)33-2)43-27(36-29)37(28(40)41)18-42-11-12-44(3,4)5/h8-9,13-14,16-17,25,38H,10-12,15,18H2,1-5H3,(H,33,39)(H,40,41)/b23-14-/t25-,29+,30-/m0/s1. The van der Waals surface area contributed by atoms with E-state index in [1.807, 2.05) is 0 Å². The van der Waals surface area contributed by atoms with Gasteiger partial charge in [-0.1, -0.05) is 43.4 Å². The number of halogens is 2. The van der Waals surface area contributed by atoms with Crippen LogP contribution in [0.15, 0.2) is 35.6 Å². The van der Waals surface area contributed by atoms with Crippen LogP contribution in [0, 0.1) is 23.6 Å². The summed E-state index contributed by atoms with van der Waals surface area (Å²) in [6.45, 7) is 7.94. The highest BCUT2D eigenvalue weighted by molar-refractivity contribution is 8.16. The lowest BCUT2D eigenvalue weighted by molar-refractivity contribution is -0.121. The Kier molecular flexibility index (Phi) is 9.94. The van der Waals surface area contributed by atoms with Crippen molar-refractivity contribution < 1.29 is 33.3 Å². The van der Waals surface area contributed by atoms with Crippen LogP contribution in [0.25, 0.3) is 11.9 Å². The van der Waals surface area contributed by atoms with Crippen molar-refractivity contribution in [3.63, 3.8) is 0 Å². The van der Waals surface area contributed by atoms with Gasteiger partial charge in [0.05, 0.1) is 17.9 Å². The predicted octanol–water partition coefficient (Wildman–Crippen LogP) is 4.54. The van der Waals surface area contributed by atoms with Crippen molar-refractivity contribution in [1.82, 2.24) is 20.2 Å². The molecule has 2 aliphatic rings. The number of carboxylic acid groups (broad SMARTS) is 1. The number of amidine groups is 1. The van der Waals surface area contributed by atoms with E-state index in [0.29, 0.717) is 18.6 Å². The summed E-state index contributed by atoms with van der Waals surface area (Å²) < 4.78 is 35.4. The van der Waals surface area contributed by atoms with Gasteiger partial charge in [0.1, 0.15) is 35.3 Å². The van der Waals surface area contributed by atoms with E-state index in [1.54, 1.807) is 6.92 Å². The van der Waals surface area contributed by atoms with Gasteiger partial charge in [-0.15, -0.1) is 0 Å². The summed E-state index contributed by atoms with van der Waals surface area (Å²) in [5.74, 6) is 2.88. The molecule has 0 unspecified atom stereocenters. The Bertz CT molecular complexity index is 1560. The third-order valence-corrected chi connectivity index (χ3v) is 10.7. The summed E-state index contributed by atoms with van der Waals surface area (Å²) in [6, 6.07) is 4.86. The third-order valence-electron chi connectivity index (χ3n) is 7.50. The van der Waals surface area contributed by atoms with Gasteiger partial charge in [0.15, 0.2) is 11.0 Å². The van der Waals surface area contributed by atoms with Crippen LogP contribution in [-0.2, 0) is 15.1 Å². The van der Waals surface area contributed by atoms with Gasteiger partial charge in [-0.2, -0.15) is 0 Å². The molecule has 2 heterocycles. The first-order valence-electron chi connectivity index (χ1n) is 13.9. The van der Waals surface area contributed by atoms with E-state index >= 15 is 8.78 Å². The number of nitrogens with one attached hydrogen (secondary N) is 1. The second-order valence-electron chi connectivity index (χ2n) is 11.9. The van der Waals surface area contributed by atoms with Crippen molar-refractivity contribution >= 4 is 48.9 Å². The van der Waals surface area contributed by atoms with Gasteiger partial charge in [0.25, 0.3) is 0 Å². The van der Waals surface area contributed by atoms with Gasteiger partial charge < -0.3 is 20.3 Å². The lowest BCUT2D eigenvalue weighted by Gasteiger charge is -2.36. The Morgan fingerprint density at radius 2 is 2.05 bits per heavy atom. The summed E-state index contributed by atoms with van der Waals surface area (Å²) in [7, 11) is 0.0681. The summed E-state index contributed by atoms with van der Waals surface area (Å²) in [5.41, 5.74) is -0.762. The van der Waals surface area contributed by atoms with E-state index in [4.69, 9.17) is 14.8 Å². The zero-order chi connectivity index (χ0) is 32.3. The highest BCUT2D eigenvalue weighted by Crippen LogP contribution is 2.66. The van der Waals surface area contributed by atoms with E-state index < -0.39 is 42.0 Å². The Labute approximate surface area is 260 Å². The number of nitrogens with zero attached hydrogens (tertiary/aromatic N) is 4. The van der Waals surface area contributed by atoms with Crippen LogP contribution < -0.4 is 5.32 Å². The fourth-order valence-corrected chi connectivity index (χ4v) is 7.33. The van der Waals surface area contributed by atoms with Crippen molar-refractivity contribution in [1.29, 1.82) is 0 Å². The quantitative estimate of drug-likeness (QED) is 0.157. The van der Waals surface area contributed by atoms with E-state index in [9.17, 15) is 14.7 Å². The molecular weight excluding hydrogens is 609 g/mol. The Morgan fingerprint density at radius 3 is 2.66 bits per heavy atom. The van der Waals surface area contributed by atoms with Crippen molar-refractivity contribution in [2.24, 2.45) is 10.9 Å². The van der Waals surface area contributed by atoms with Gasteiger partial charge in [-0.3, -0.25) is 9.79 Å². The Morgan fingerprint density at radius 1 is 1.30 bits per heavy atom. The maximum absolute atomic E-state index is 15.6. The monoisotopic (exact) mass is 643 g/mol. The molecule has 2 aromatic rings. The molecule has 1 aliphatic heterocycles. The smallest absolute Gasteiger partial charge is 0.415 e. The molecule has 44 heavy (non-hydrogen) atoms. The Hall–Kier alpha value is -3.64. The van der Waals surface area contributed by atoms with Gasteiger partial charge >= 0.3 is 6.09 Å². The van der Waals surface area contributed by atoms with E-state index in [-0.39, 0.29) is 41.4 Å². The number of amides is 2. The molecule has 0 saturated heterocycles. The fraction of sp³-hybridized carbons (Fsp3) is 0.433. The summed E-state index contributed by atoms with van der Waals surface area (Å²) in [6.07, 6.45) is 2.66. The van der Waals surface area contributed by atoms with Crippen LogP contribution in [0.1, 0.15) is 35.9 Å². The topological polar surface area (TPSA) is 137 Å². The molecule has 1 fully saturated rings. The zero-order valence-electron chi connectivity index (χ0n) is 25.1. The highest BCUT2D eigenvalue weighted by Gasteiger charge is 2.71. The fourth-order valence-electron chi connectivity index (χ4n) is 4.96. The van der Waals surface area contributed by atoms with Crippen LogP contribution in [0.5, 0.6) is 0 Å². The molecular formula is C30H35F2N5O5SSi. The summed E-state index contributed by atoms with van der Waals surface area (Å²) >= 11 is 1.04. The number of thioether (sulfide) groups is 1. The molecule has 1 saturated carbocycles. The normalized spacial score (nSPS) is 22.7. The Balaban J connectivity index is 1.70. The van der Waals surface area contributed by atoms with Crippen molar-refractivity contribution in [2.45, 2.75) is 49.3 Å². The summed E-state index contributed by atoms with van der Waals surface area (Å²) in [5, 5.41) is 21.6. The first-order chi connectivity index (χ1) is 20.7. The number of aliphatic hydroxyl groups is 1. The van der Waals surface area contributed by atoms with Crippen molar-refractivity contribution in [3.05, 3.63) is 58.9 Å². The number of aromatic nitrogens is 2. The van der Waals surface area contributed by atoms with Crippen molar-refractivity contribution in [3.8, 4) is 11.8 Å². The molecule has 1 aromatic heterocycles. The minimum Gasteiger partial charge on any atom is -0.465 e. The highest BCUT2D eigenvalue weighted by atomic mass is 32.2. The van der Waals surface area contributed by atoms with Crippen LogP contribution in [0.4, 0.5) is 13.6 Å². The van der Waals surface area contributed by atoms with Crippen LogP contribution in [0.3, 0.4) is 0 Å².